The Kier molecular flexibility index (Phi) is 5.20. The van der Waals surface area contributed by atoms with E-state index in [-0.39, 0.29) is 36.6 Å². The van der Waals surface area contributed by atoms with Crippen LogP contribution in [-0.2, 0) is 16.2 Å². The molecule has 4 rings (SSSR count). The number of hydrogen-bond donors (Lipinski definition) is 0. The molecule has 0 N–H and O–H groups in total. The lowest BCUT2D eigenvalue weighted by Crippen LogP contribution is -2.50. The molecular formula is C17H14F3N5O3S2. The first-order valence-electron chi connectivity index (χ1n) is 8.72. The Morgan fingerprint density at radius 2 is 1.77 bits per heavy atom. The molecule has 0 bridgehead atoms. The quantitative estimate of drug-likeness (QED) is 0.599. The predicted molar refractivity (Wildman–Crippen MR) is 101 cm³/mol. The molecule has 3 heterocycles. The minimum absolute atomic E-state index is 0.0117. The summed E-state index contributed by atoms with van der Waals surface area (Å²) in [6.07, 6.45) is -3.71. The molecule has 2 aromatic heterocycles. The maximum atomic E-state index is 13.0. The molecule has 1 aliphatic heterocycles. The molecule has 1 aliphatic rings. The topological polar surface area (TPSA) is 96.4 Å². The van der Waals surface area contributed by atoms with Gasteiger partial charge in [0.05, 0.1) is 17.3 Å². The molecule has 0 saturated carbocycles. The average molecular weight is 457 g/mol. The summed E-state index contributed by atoms with van der Waals surface area (Å²) in [6, 6.07) is 6.54. The number of carbonyl (C=O) groups excluding carboxylic acids is 1. The number of nitrogens with zero attached hydrogens (tertiary/aromatic N) is 5. The number of sulfonamides is 1. The van der Waals surface area contributed by atoms with Gasteiger partial charge in [0.1, 0.15) is 21.6 Å². The van der Waals surface area contributed by atoms with Crippen molar-refractivity contribution in [2.75, 3.05) is 26.2 Å². The van der Waals surface area contributed by atoms with Crippen LogP contribution in [0.1, 0.15) is 16.1 Å². The molecule has 0 radical (unpaired) electrons. The maximum absolute atomic E-state index is 13.0. The Balaban J connectivity index is 1.47. The zero-order valence-electron chi connectivity index (χ0n) is 15.2. The van der Waals surface area contributed by atoms with Crippen molar-refractivity contribution in [1.29, 1.82) is 0 Å². The van der Waals surface area contributed by atoms with Crippen LogP contribution in [0.5, 0.6) is 0 Å². The number of hydrogen-bond acceptors (Lipinski definition) is 7. The monoisotopic (exact) mass is 457 g/mol. The normalized spacial score (nSPS) is 16.2. The number of alkyl halides is 3. The summed E-state index contributed by atoms with van der Waals surface area (Å²) in [5.74, 6) is -0.501. The number of halogens is 3. The summed E-state index contributed by atoms with van der Waals surface area (Å²) < 4.78 is 73.3. The Morgan fingerprint density at radius 3 is 2.40 bits per heavy atom. The van der Waals surface area contributed by atoms with E-state index in [1.165, 1.54) is 15.3 Å². The van der Waals surface area contributed by atoms with Gasteiger partial charge in [0.25, 0.3) is 5.91 Å². The number of benzene rings is 1. The van der Waals surface area contributed by atoms with Gasteiger partial charge in [0.15, 0.2) is 0 Å². The van der Waals surface area contributed by atoms with Crippen LogP contribution >= 0.6 is 11.7 Å². The highest BCUT2D eigenvalue weighted by Gasteiger charge is 2.34. The third-order valence-electron chi connectivity index (χ3n) is 4.69. The van der Waals surface area contributed by atoms with Crippen LogP contribution in [0.3, 0.4) is 0 Å². The molecule has 8 nitrogen and oxygen atoms in total. The molecule has 1 amide bonds. The number of piperazine rings is 1. The SMILES string of the molecule is O=C(c1ccc(C(F)(F)F)nc1)N1CCN(S(=O)(=O)c2cccc3nsnc23)CC1. The molecular weight excluding hydrogens is 443 g/mol. The minimum Gasteiger partial charge on any atom is -0.336 e. The number of amides is 1. The first kappa shape index (κ1) is 20.6. The molecule has 1 aromatic carbocycles. The van der Waals surface area contributed by atoms with Crippen LogP contribution in [0.4, 0.5) is 13.2 Å². The van der Waals surface area contributed by atoms with E-state index < -0.39 is 27.8 Å². The summed E-state index contributed by atoms with van der Waals surface area (Å²) in [6.45, 7) is 0.306. The van der Waals surface area contributed by atoms with Gasteiger partial charge in [-0.3, -0.25) is 9.78 Å². The van der Waals surface area contributed by atoms with Crippen LogP contribution in [0.2, 0.25) is 0 Å². The molecule has 1 fully saturated rings. The number of fused-ring (bicyclic) bond motifs is 1. The minimum atomic E-state index is -4.59. The van der Waals surface area contributed by atoms with Gasteiger partial charge in [-0.25, -0.2) is 8.42 Å². The third-order valence-corrected chi connectivity index (χ3v) is 7.17. The molecule has 1 saturated heterocycles. The molecule has 30 heavy (non-hydrogen) atoms. The maximum Gasteiger partial charge on any atom is 0.433 e. The van der Waals surface area contributed by atoms with E-state index in [0.717, 1.165) is 30.1 Å². The zero-order chi connectivity index (χ0) is 21.5. The van der Waals surface area contributed by atoms with Crippen molar-refractivity contribution in [1.82, 2.24) is 22.9 Å². The van der Waals surface area contributed by atoms with E-state index in [4.69, 9.17) is 0 Å². The van der Waals surface area contributed by atoms with Crippen molar-refractivity contribution in [3.8, 4) is 0 Å². The summed E-state index contributed by atoms with van der Waals surface area (Å²) in [5.41, 5.74) is -0.278. The highest BCUT2D eigenvalue weighted by atomic mass is 32.2. The Hall–Kier alpha value is -2.64. The Labute approximate surface area is 173 Å². The second kappa shape index (κ2) is 7.56. The van der Waals surface area contributed by atoms with Crippen LogP contribution in [0, 0.1) is 0 Å². The molecule has 0 aliphatic carbocycles. The average Bonchev–Trinajstić information content (AvgIpc) is 3.21. The Bertz CT molecular complexity index is 1190. The first-order chi connectivity index (χ1) is 14.2. The number of carbonyl (C=O) groups is 1. The third kappa shape index (κ3) is 3.75. The summed E-state index contributed by atoms with van der Waals surface area (Å²) in [7, 11) is -3.83. The van der Waals surface area contributed by atoms with Gasteiger partial charge < -0.3 is 4.90 Å². The summed E-state index contributed by atoms with van der Waals surface area (Å²) >= 11 is 0.922. The van der Waals surface area contributed by atoms with Crippen molar-refractivity contribution in [3.05, 3.63) is 47.8 Å². The molecule has 158 valence electrons. The highest BCUT2D eigenvalue weighted by molar-refractivity contribution is 7.89. The van der Waals surface area contributed by atoms with Crippen LogP contribution in [0.15, 0.2) is 41.4 Å². The number of aromatic nitrogens is 3. The van der Waals surface area contributed by atoms with Gasteiger partial charge in [-0.05, 0) is 24.3 Å². The van der Waals surface area contributed by atoms with Gasteiger partial charge in [0, 0.05) is 32.4 Å². The van der Waals surface area contributed by atoms with Crippen molar-refractivity contribution < 1.29 is 26.4 Å². The summed E-state index contributed by atoms with van der Waals surface area (Å²) in [5, 5.41) is 0. The van der Waals surface area contributed by atoms with Crippen LogP contribution in [0.25, 0.3) is 11.0 Å². The van der Waals surface area contributed by atoms with Crippen molar-refractivity contribution in [2.45, 2.75) is 11.1 Å². The van der Waals surface area contributed by atoms with E-state index in [9.17, 15) is 26.4 Å². The van der Waals surface area contributed by atoms with E-state index >= 15 is 0 Å². The van der Waals surface area contributed by atoms with Crippen LogP contribution in [-0.4, -0.2) is 63.4 Å². The van der Waals surface area contributed by atoms with Crippen molar-refractivity contribution >= 4 is 38.7 Å². The smallest absolute Gasteiger partial charge is 0.336 e. The van der Waals surface area contributed by atoms with E-state index in [0.29, 0.717) is 11.0 Å². The first-order valence-corrected chi connectivity index (χ1v) is 10.9. The van der Waals surface area contributed by atoms with Gasteiger partial charge in [0.2, 0.25) is 10.0 Å². The van der Waals surface area contributed by atoms with E-state index in [1.807, 2.05) is 0 Å². The summed E-state index contributed by atoms with van der Waals surface area (Å²) in [4.78, 5) is 17.3. The fraction of sp³-hybridized carbons (Fsp3) is 0.294. The highest BCUT2D eigenvalue weighted by Crippen LogP contribution is 2.28. The molecule has 0 unspecified atom stereocenters. The van der Waals surface area contributed by atoms with Gasteiger partial charge >= 0.3 is 6.18 Å². The van der Waals surface area contributed by atoms with Crippen LogP contribution < -0.4 is 0 Å². The molecule has 0 atom stereocenters. The lowest BCUT2D eigenvalue weighted by molar-refractivity contribution is -0.141. The van der Waals surface area contributed by atoms with Crippen molar-refractivity contribution in [3.63, 3.8) is 0 Å². The Morgan fingerprint density at radius 1 is 1.03 bits per heavy atom. The standard InChI is InChI=1S/C17H14F3N5O3S2/c18-17(19,20)14-5-4-11(10-21-14)16(26)24-6-8-25(9-7-24)30(27,28)13-3-1-2-12-15(13)23-29-22-12/h1-5,10H,6-9H2. The molecule has 0 spiro atoms. The zero-order valence-corrected chi connectivity index (χ0v) is 16.8. The van der Waals surface area contributed by atoms with E-state index in [2.05, 4.69) is 13.7 Å². The van der Waals surface area contributed by atoms with Gasteiger partial charge in [-0.1, -0.05) is 6.07 Å². The fourth-order valence-electron chi connectivity index (χ4n) is 3.13. The molecule has 13 heteroatoms. The number of pyridine rings is 1. The number of rotatable bonds is 3. The van der Waals surface area contributed by atoms with Crippen molar-refractivity contribution in [2.24, 2.45) is 0 Å². The van der Waals surface area contributed by atoms with Gasteiger partial charge in [-0.2, -0.15) is 26.2 Å². The van der Waals surface area contributed by atoms with E-state index in [1.54, 1.807) is 12.1 Å². The predicted octanol–water partition coefficient (Wildman–Crippen LogP) is 2.25. The second-order valence-corrected chi connectivity index (χ2v) is 8.95. The molecule has 3 aromatic rings. The second-order valence-electron chi connectivity index (χ2n) is 6.51. The lowest BCUT2D eigenvalue weighted by atomic mass is 10.2. The largest absolute Gasteiger partial charge is 0.433 e. The lowest BCUT2D eigenvalue weighted by Gasteiger charge is -2.34. The van der Waals surface area contributed by atoms with Gasteiger partial charge in [-0.15, -0.1) is 0 Å². The fourth-order valence-corrected chi connectivity index (χ4v) is 5.31.